The summed E-state index contributed by atoms with van der Waals surface area (Å²) in [5.41, 5.74) is 2.13. The van der Waals surface area contributed by atoms with Gasteiger partial charge in [0.2, 0.25) is 0 Å². The minimum atomic E-state index is -0.148. The minimum absolute atomic E-state index is 0.0954. The van der Waals surface area contributed by atoms with Gasteiger partial charge in [-0.15, -0.1) is 0 Å². The molecule has 0 bridgehead atoms. The summed E-state index contributed by atoms with van der Waals surface area (Å²) >= 11 is 0. The highest BCUT2D eigenvalue weighted by molar-refractivity contribution is 5.74. The number of nitrogens with one attached hydrogen (secondary N) is 2. The molecule has 1 atom stereocenters. The van der Waals surface area contributed by atoms with E-state index in [1.54, 1.807) is 7.11 Å². The van der Waals surface area contributed by atoms with Crippen molar-refractivity contribution in [3.05, 3.63) is 29.3 Å². The highest BCUT2D eigenvalue weighted by atomic mass is 16.5. The van der Waals surface area contributed by atoms with E-state index in [-0.39, 0.29) is 12.1 Å². The molecule has 19 heavy (non-hydrogen) atoms. The second-order valence-electron chi connectivity index (χ2n) is 5.22. The first kappa shape index (κ1) is 15.3. The molecule has 0 radical (unpaired) electrons. The molecule has 2 N–H and O–H groups in total. The van der Waals surface area contributed by atoms with Crippen molar-refractivity contribution in [2.75, 3.05) is 13.7 Å². The van der Waals surface area contributed by atoms with Crippen molar-refractivity contribution in [3.8, 4) is 5.75 Å². The van der Waals surface area contributed by atoms with Crippen molar-refractivity contribution in [2.45, 2.75) is 33.7 Å². The van der Waals surface area contributed by atoms with Crippen molar-refractivity contribution in [2.24, 2.45) is 5.92 Å². The van der Waals surface area contributed by atoms with Crippen LogP contribution in [0.15, 0.2) is 18.2 Å². The maximum absolute atomic E-state index is 11.8. The molecule has 4 nitrogen and oxygen atoms in total. The summed E-state index contributed by atoms with van der Waals surface area (Å²) in [4.78, 5) is 11.8. The lowest BCUT2D eigenvalue weighted by Gasteiger charge is -2.18. The first-order valence-electron chi connectivity index (χ1n) is 6.63. The normalized spacial score (nSPS) is 12.1. The zero-order chi connectivity index (χ0) is 14.4. The van der Waals surface area contributed by atoms with Crippen LogP contribution in [0.2, 0.25) is 0 Å². The Morgan fingerprint density at radius 2 is 2.00 bits per heavy atom. The summed E-state index contributed by atoms with van der Waals surface area (Å²) in [6, 6.07) is 5.71. The maximum atomic E-state index is 11.8. The number of ether oxygens (including phenoxy) is 1. The van der Waals surface area contributed by atoms with Crippen LogP contribution in [-0.4, -0.2) is 19.7 Å². The van der Waals surface area contributed by atoms with Crippen molar-refractivity contribution in [1.82, 2.24) is 10.6 Å². The quantitative estimate of drug-likeness (QED) is 0.859. The molecular formula is C15H24N2O2. The van der Waals surface area contributed by atoms with Gasteiger partial charge in [0, 0.05) is 12.1 Å². The number of urea groups is 1. The van der Waals surface area contributed by atoms with E-state index in [0.29, 0.717) is 12.5 Å². The van der Waals surface area contributed by atoms with Crippen LogP contribution < -0.4 is 15.4 Å². The summed E-state index contributed by atoms with van der Waals surface area (Å²) in [5, 5.41) is 5.77. The van der Waals surface area contributed by atoms with Gasteiger partial charge >= 0.3 is 6.03 Å². The molecule has 0 spiro atoms. The van der Waals surface area contributed by atoms with Crippen molar-refractivity contribution in [1.29, 1.82) is 0 Å². The molecule has 0 heterocycles. The summed E-state index contributed by atoms with van der Waals surface area (Å²) in [5.74, 6) is 1.23. The molecule has 2 amide bonds. The van der Waals surface area contributed by atoms with Gasteiger partial charge in [-0.2, -0.15) is 0 Å². The SMILES string of the molecule is COc1ccc(C)cc1C(C)NC(=O)NCC(C)C. The molecule has 0 saturated carbocycles. The van der Waals surface area contributed by atoms with E-state index < -0.39 is 0 Å². The van der Waals surface area contributed by atoms with E-state index >= 15 is 0 Å². The predicted molar refractivity (Wildman–Crippen MR) is 77.5 cm³/mol. The molecule has 0 aliphatic carbocycles. The number of hydrogen-bond acceptors (Lipinski definition) is 2. The zero-order valence-electron chi connectivity index (χ0n) is 12.4. The molecule has 1 unspecified atom stereocenters. The molecule has 0 aromatic heterocycles. The second kappa shape index (κ2) is 7.02. The second-order valence-corrected chi connectivity index (χ2v) is 5.22. The highest BCUT2D eigenvalue weighted by Gasteiger charge is 2.14. The molecule has 0 aliphatic heterocycles. The van der Waals surface area contributed by atoms with Gasteiger partial charge in [0.25, 0.3) is 0 Å². The Bertz CT molecular complexity index is 430. The molecule has 0 fully saturated rings. The lowest BCUT2D eigenvalue weighted by atomic mass is 10.0. The highest BCUT2D eigenvalue weighted by Crippen LogP contribution is 2.25. The van der Waals surface area contributed by atoms with Crippen LogP contribution in [0.25, 0.3) is 0 Å². The molecule has 0 aliphatic rings. The van der Waals surface area contributed by atoms with E-state index in [9.17, 15) is 4.79 Å². The molecule has 0 saturated heterocycles. The monoisotopic (exact) mass is 264 g/mol. The number of carbonyl (C=O) groups is 1. The van der Waals surface area contributed by atoms with Crippen LogP contribution in [0.3, 0.4) is 0 Å². The topological polar surface area (TPSA) is 50.4 Å². The van der Waals surface area contributed by atoms with Gasteiger partial charge in [0.1, 0.15) is 5.75 Å². The zero-order valence-corrected chi connectivity index (χ0v) is 12.4. The lowest BCUT2D eigenvalue weighted by molar-refractivity contribution is 0.236. The van der Waals surface area contributed by atoms with Crippen LogP contribution in [0.4, 0.5) is 4.79 Å². The van der Waals surface area contributed by atoms with E-state index in [1.807, 2.05) is 32.0 Å². The fourth-order valence-corrected chi connectivity index (χ4v) is 1.81. The lowest BCUT2D eigenvalue weighted by Crippen LogP contribution is -2.38. The van der Waals surface area contributed by atoms with Crippen LogP contribution in [0.5, 0.6) is 5.75 Å². The molecule has 1 rings (SSSR count). The van der Waals surface area contributed by atoms with Gasteiger partial charge in [0.05, 0.1) is 13.2 Å². The van der Waals surface area contributed by atoms with Crippen LogP contribution >= 0.6 is 0 Å². The average Bonchev–Trinajstić information content (AvgIpc) is 2.36. The standard InChI is InChI=1S/C15H24N2O2/c1-10(2)9-16-15(18)17-12(4)13-8-11(3)6-7-14(13)19-5/h6-8,10,12H,9H2,1-5H3,(H2,16,17,18). The Balaban J connectivity index is 2.69. The number of benzene rings is 1. The molecule has 1 aromatic rings. The fourth-order valence-electron chi connectivity index (χ4n) is 1.81. The molecular weight excluding hydrogens is 240 g/mol. The van der Waals surface area contributed by atoms with Gasteiger partial charge in [-0.1, -0.05) is 31.5 Å². The Kier molecular flexibility index (Phi) is 5.67. The van der Waals surface area contributed by atoms with Crippen LogP contribution in [0, 0.1) is 12.8 Å². The molecule has 106 valence electrons. The number of aryl methyl sites for hydroxylation is 1. The summed E-state index contributed by atoms with van der Waals surface area (Å²) in [6.45, 7) is 8.77. The van der Waals surface area contributed by atoms with E-state index in [0.717, 1.165) is 16.9 Å². The Labute approximate surface area is 115 Å². The minimum Gasteiger partial charge on any atom is -0.496 e. The van der Waals surface area contributed by atoms with E-state index in [2.05, 4.69) is 24.5 Å². The number of carbonyl (C=O) groups excluding carboxylic acids is 1. The van der Waals surface area contributed by atoms with E-state index in [4.69, 9.17) is 4.74 Å². The van der Waals surface area contributed by atoms with Crippen LogP contribution in [0.1, 0.15) is 37.9 Å². The summed E-state index contributed by atoms with van der Waals surface area (Å²) < 4.78 is 5.33. The van der Waals surface area contributed by atoms with Crippen LogP contribution in [-0.2, 0) is 0 Å². The average molecular weight is 264 g/mol. The number of rotatable bonds is 5. The fraction of sp³-hybridized carbons (Fsp3) is 0.533. The third-order valence-electron chi connectivity index (χ3n) is 2.87. The number of hydrogen-bond donors (Lipinski definition) is 2. The van der Waals surface area contributed by atoms with Crippen molar-refractivity contribution in [3.63, 3.8) is 0 Å². The van der Waals surface area contributed by atoms with Crippen molar-refractivity contribution < 1.29 is 9.53 Å². The van der Waals surface area contributed by atoms with E-state index in [1.165, 1.54) is 0 Å². The Hall–Kier alpha value is -1.71. The third kappa shape index (κ3) is 4.81. The van der Waals surface area contributed by atoms with Gasteiger partial charge in [-0.25, -0.2) is 4.79 Å². The smallest absolute Gasteiger partial charge is 0.315 e. The number of methoxy groups -OCH3 is 1. The largest absolute Gasteiger partial charge is 0.496 e. The Morgan fingerprint density at radius 3 is 2.58 bits per heavy atom. The summed E-state index contributed by atoms with van der Waals surface area (Å²) in [7, 11) is 1.64. The molecule has 1 aromatic carbocycles. The van der Waals surface area contributed by atoms with Gasteiger partial charge in [-0.3, -0.25) is 0 Å². The third-order valence-corrected chi connectivity index (χ3v) is 2.87. The first-order valence-corrected chi connectivity index (χ1v) is 6.63. The first-order chi connectivity index (χ1) is 8.93. The van der Waals surface area contributed by atoms with Crippen molar-refractivity contribution >= 4 is 6.03 Å². The van der Waals surface area contributed by atoms with Gasteiger partial charge in [0.15, 0.2) is 0 Å². The number of amides is 2. The summed E-state index contributed by atoms with van der Waals surface area (Å²) in [6.07, 6.45) is 0. The molecule has 4 heteroatoms. The maximum Gasteiger partial charge on any atom is 0.315 e. The van der Waals surface area contributed by atoms with Gasteiger partial charge < -0.3 is 15.4 Å². The van der Waals surface area contributed by atoms with Gasteiger partial charge in [-0.05, 0) is 25.8 Å². The predicted octanol–water partition coefficient (Wildman–Crippen LogP) is 3.02. The Morgan fingerprint density at radius 1 is 1.32 bits per heavy atom.